The zero-order valence-corrected chi connectivity index (χ0v) is 21.5. The number of nitrogens with zero attached hydrogens (tertiary/aromatic N) is 4. The van der Waals surface area contributed by atoms with Gasteiger partial charge in [-0.05, 0) is 23.6 Å². The van der Waals surface area contributed by atoms with E-state index in [1.807, 2.05) is 4.90 Å². The fourth-order valence-electron chi connectivity index (χ4n) is 4.24. The van der Waals surface area contributed by atoms with Crippen LogP contribution in [0.4, 0.5) is 19.0 Å². The van der Waals surface area contributed by atoms with Crippen LogP contribution >= 0.6 is 11.6 Å². The van der Waals surface area contributed by atoms with Crippen molar-refractivity contribution in [3.63, 3.8) is 0 Å². The molecule has 0 radical (unpaired) electrons. The molecule has 37 heavy (non-hydrogen) atoms. The summed E-state index contributed by atoms with van der Waals surface area (Å²) in [6, 6.07) is 5.39. The molecule has 3 heterocycles. The molecule has 0 fully saturated rings. The van der Waals surface area contributed by atoms with E-state index in [-0.39, 0.29) is 35.3 Å². The minimum Gasteiger partial charge on any atom is -0.357 e. The highest BCUT2D eigenvalue weighted by Gasteiger charge is 2.35. The van der Waals surface area contributed by atoms with Crippen LogP contribution in [0.1, 0.15) is 37.0 Å². The van der Waals surface area contributed by atoms with Crippen LogP contribution in [-0.2, 0) is 17.9 Å². The second-order valence-electron chi connectivity index (χ2n) is 9.76. The average molecular weight is 535 g/mol. The first-order valence-electron chi connectivity index (χ1n) is 11.5. The fraction of sp³-hybridized carbons (Fsp3) is 0.360. The number of nitrogens with one attached hydrogen (secondary N) is 2. The molecule has 12 heteroatoms. The maximum absolute atomic E-state index is 14.8. The minimum atomic E-state index is -1.33. The first kappa shape index (κ1) is 26.5. The van der Waals surface area contributed by atoms with Gasteiger partial charge in [-0.25, -0.2) is 23.1 Å². The van der Waals surface area contributed by atoms with Crippen molar-refractivity contribution in [3.8, 4) is 11.4 Å². The predicted octanol–water partition coefficient (Wildman–Crippen LogP) is 3.93. The van der Waals surface area contributed by atoms with Crippen LogP contribution in [-0.4, -0.2) is 46.0 Å². The molecule has 0 spiro atoms. The van der Waals surface area contributed by atoms with Gasteiger partial charge in [-0.15, -0.1) is 0 Å². The zero-order chi connectivity index (χ0) is 27.1. The van der Waals surface area contributed by atoms with Crippen LogP contribution in [0.3, 0.4) is 0 Å². The highest BCUT2D eigenvalue weighted by molar-refractivity contribution is 6.29. The number of aromatic nitrogens is 3. The summed E-state index contributed by atoms with van der Waals surface area (Å²) in [5, 5.41) is 5.56. The number of pyridine rings is 1. The summed E-state index contributed by atoms with van der Waals surface area (Å²) >= 11 is 6.05. The molecule has 0 saturated carbocycles. The SMILES string of the molecule is CNC(=O)C(NC(=O)c1nc(-c2cc(F)c(F)cc2F)n2c1CN(c1cccc(Cl)n1)CC2)C(C)(C)C. The molecule has 0 bridgehead atoms. The first-order valence-corrected chi connectivity index (χ1v) is 11.9. The van der Waals surface area contributed by atoms with Gasteiger partial charge < -0.3 is 20.1 Å². The van der Waals surface area contributed by atoms with E-state index in [1.54, 1.807) is 43.5 Å². The number of anilines is 1. The van der Waals surface area contributed by atoms with E-state index in [1.165, 1.54) is 7.05 Å². The Kier molecular flexibility index (Phi) is 7.18. The van der Waals surface area contributed by atoms with Gasteiger partial charge >= 0.3 is 0 Å². The molecule has 8 nitrogen and oxygen atoms in total. The summed E-state index contributed by atoms with van der Waals surface area (Å²) in [5.74, 6) is -4.12. The lowest BCUT2D eigenvalue weighted by Gasteiger charge is -2.31. The predicted molar refractivity (Wildman–Crippen MR) is 133 cm³/mol. The molecule has 4 rings (SSSR count). The number of carbonyl (C=O) groups is 2. The Labute approximate surface area is 216 Å². The van der Waals surface area contributed by atoms with E-state index in [2.05, 4.69) is 20.6 Å². The van der Waals surface area contributed by atoms with Gasteiger partial charge in [0.1, 0.15) is 28.7 Å². The summed E-state index contributed by atoms with van der Waals surface area (Å²) in [4.78, 5) is 36.6. The Hall–Kier alpha value is -3.60. The van der Waals surface area contributed by atoms with Crippen LogP contribution in [0.15, 0.2) is 30.3 Å². The van der Waals surface area contributed by atoms with Crippen molar-refractivity contribution >= 4 is 29.2 Å². The Morgan fingerprint density at radius 2 is 1.76 bits per heavy atom. The Bertz CT molecular complexity index is 1370. The summed E-state index contributed by atoms with van der Waals surface area (Å²) in [6.07, 6.45) is 0. The van der Waals surface area contributed by atoms with Gasteiger partial charge in [0, 0.05) is 26.2 Å². The maximum Gasteiger partial charge on any atom is 0.272 e. The van der Waals surface area contributed by atoms with Crippen molar-refractivity contribution in [2.45, 2.75) is 39.9 Å². The van der Waals surface area contributed by atoms with E-state index < -0.39 is 40.7 Å². The van der Waals surface area contributed by atoms with Crippen molar-refractivity contribution in [3.05, 3.63) is 64.3 Å². The third kappa shape index (κ3) is 5.27. The lowest BCUT2D eigenvalue weighted by molar-refractivity contribution is -0.124. The summed E-state index contributed by atoms with van der Waals surface area (Å²) in [6.45, 7) is 6.18. The summed E-state index contributed by atoms with van der Waals surface area (Å²) in [5.41, 5.74) is -0.591. The highest BCUT2D eigenvalue weighted by Crippen LogP contribution is 2.31. The second kappa shape index (κ2) is 10.0. The zero-order valence-electron chi connectivity index (χ0n) is 20.7. The van der Waals surface area contributed by atoms with E-state index in [0.29, 0.717) is 24.1 Å². The van der Waals surface area contributed by atoms with Crippen LogP contribution in [0, 0.1) is 22.9 Å². The minimum absolute atomic E-state index is 0.0255. The van der Waals surface area contributed by atoms with Gasteiger partial charge in [0.15, 0.2) is 17.3 Å². The summed E-state index contributed by atoms with van der Waals surface area (Å²) < 4.78 is 44.0. The lowest BCUT2D eigenvalue weighted by Crippen LogP contribution is -2.53. The third-order valence-electron chi connectivity index (χ3n) is 6.15. The number of halogens is 4. The number of hydrogen-bond acceptors (Lipinski definition) is 5. The number of carbonyl (C=O) groups excluding carboxylic acids is 2. The third-order valence-corrected chi connectivity index (χ3v) is 6.36. The molecular formula is C25H26ClF3N6O2. The van der Waals surface area contributed by atoms with Crippen molar-refractivity contribution in [2.24, 2.45) is 5.41 Å². The van der Waals surface area contributed by atoms with Gasteiger partial charge in [-0.3, -0.25) is 9.59 Å². The smallest absolute Gasteiger partial charge is 0.272 e. The molecule has 1 atom stereocenters. The quantitative estimate of drug-likeness (QED) is 0.382. The first-order chi connectivity index (χ1) is 17.4. The molecule has 3 aromatic rings. The standard InChI is InChI=1S/C25H26ClF3N6O2/c1-25(2,3)21(24(37)30-4)33-23(36)20-17-12-34(19-7-5-6-18(26)31-19)8-9-35(17)22(32-20)13-10-15(28)16(29)11-14(13)27/h5-7,10-11,21H,8-9,12H2,1-4H3,(H,30,37)(H,33,36). The van der Waals surface area contributed by atoms with E-state index in [0.717, 1.165) is 6.07 Å². The number of hydrogen-bond donors (Lipinski definition) is 2. The molecule has 196 valence electrons. The molecule has 2 amide bonds. The van der Waals surface area contributed by atoms with Gasteiger partial charge in [0.05, 0.1) is 17.8 Å². The lowest BCUT2D eigenvalue weighted by atomic mass is 9.86. The van der Waals surface area contributed by atoms with Crippen molar-refractivity contribution in [2.75, 3.05) is 18.5 Å². The number of amides is 2. The van der Waals surface area contributed by atoms with Gasteiger partial charge in [-0.1, -0.05) is 38.4 Å². The van der Waals surface area contributed by atoms with Crippen molar-refractivity contribution in [1.82, 2.24) is 25.2 Å². The van der Waals surface area contributed by atoms with Crippen molar-refractivity contribution < 1.29 is 22.8 Å². The van der Waals surface area contributed by atoms with Gasteiger partial charge in [0.25, 0.3) is 5.91 Å². The molecule has 0 saturated heterocycles. The topological polar surface area (TPSA) is 92.2 Å². The molecule has 2 aromatic heterocycles. The van der Waals surface area contributed by atoms with Crippen LogP contribution in [0.5, 0.6) is 0 Å². The number of imidazole rings is 1. The highest BCUT2D eigenvalue weighted by atomic mass is 35.5. The van der Waals surface area contributed by atoms with Gasteiger partial charge in [0.2, 0.25) is 5.91 Å². The molecule has 0 aliphatic carbocycles. The number of fused-ring (bicyclic) bond motifs is 1. The normalized spacial score (nSPS) is 14.2. The monoisotopic (exact) mass is 534 g/mol. The largest absolute Gasteiger partial charge is 0.357 e. The molecule has 1 aliphatic rings. The molecule has 2 N–H and O–H groups in total. The fourth-order valence-corrected chi connectivity index (χ4v) is 4.40. The van der Waals surface area contributed by atoms with E-state index in [9.17, 15) is 22.8 Å². The molecule has 1 unspecified atom stereocenters. The van der Waals surface area contributed by atoms with E-state index >= 15 is 0 Å². The van der Waals surface area contributed by atoms with Crippen LogP contribution in [0.25, 0.3) is 11.4 Å². The maximum atomic E-state index is 14.8. The number of benzene rings is 1. The second-order valence-corrected chi connectivity index (χ2v) is 10.1. The average Bonchev–Trinajstić information content (AvgIpc) is 3.22. The number of rotatable bonds is 5. The molecular weight excluding hydrogens is 509 g/mol. The van der Waals surface area contributed by atoms with Crippen LogP contribution in [0.2, 0.25) is 5.15 Å². The van der Waals surface area contributed by atoms with E-state index in [4.69, 9.17) is 11.6 Å². The van der Waals surface area contributed by atoms with Crippen LogP contribution < -0.4 is 15.5 Å². The molecule has 1 aliphatic heterocycles. The number of likely N-dealkylation sites (N-methyl/N-ethyl adjacent to an activating group) is 1. The Balaban J connectivity index is 1.81. The Morgan fingerprint density at radius 1 is 1.05 bits per heavy atom. The van der Waals surface area contributed by atoms with Gasteiger partial charge in [-0.2, -0.15) is 0 Å². The Morgan fingerprint density at radius 3 is 2.41 bits per heavy atom. The molecule has 1 aromatic carbocycles. The van der Waals surface area contributed by atoms with Crippen molar-refractivity contribution in [1.29, 1.82) is 0 Å². The summed E-state index contributed by atoms with van der Waals surface area (Å²) in [7, 11) is 1.46.